The summed E-state index contributed by atoms with van der Waals surface area (Å²) < 4.78 is 39.1. The molecular weight excluding hydrogens is 391 g/mol. The van der Waals surface area contributed by atoms with Crippen molar-refractivity contribution in [3.8, 4) is 0 Å². The van der Waals surface area contributed by atoms with Crippen molar-refractivity contribution in [1.82, 2.24) is 4.90 Å². The fourth-order valence-electron chi connectivity index (χ4n) is 1.43. The third-order valence-corrected chi connectivity index (χ3v) is 4.15. The third kappa shape index (κ3) is 3.95. The summed E-state index contributed by atoms with van der Waals surface area (Å²) in [6.45, 7) is 1.75. The first-order valence-corrected chi connectivity index (χ1v) is 7.29. The summed E-state index contributed by atoms with van der Waals surface area (Å²) in [5.41, 5.74) is -1.27. The number of hydrogen-bond donors (Lipinski definition) is 0. The Labute approximate surface area is 126 Å². The van der Waals surface area contributed by atoms with E-state index in [0.29, 0.717) is 5.33 Å². The highest BCUT2D eigenvalue weighted by atomic mass is 79.9. The van der Waals surface area contributed by atoms with Crippen LogP contribution in [0.1, 0.15) is 22.8 Å². The van der Waals surface area contributed by atoms with Crippen LogP contribution in [0.4, 0.5) is 13.2 Å². The number of rotatable bonds is 3. The molecule has 0 heterocycles. The molecule has 0 bridgehead atoms. The second kappa shape index (κ2) is 6.26. The van der Waals surface area contributed by atoms with Gasteiger partial charge in [-0.25, -0.2) is 0 Å². The van der Waals surface area contributed by atoms with Crippen molar-refractivity contribution in [2.45, 2.75) is 19.1 Å². The van der Waals surface area contributed by atoms with E-state index in [4.69, 9.17) is 0 Å². The van der Waals surface area contributed by atoms with Gasteiger partial charge in [0.05, 0.1) is 11.1 Å². The fourth-order valence-corrected chi connectivity index (χ4v) is 2.23. The van der Waals surface area contributed by atoms with Crippen LogP contribution in [-0.2, 0) is 6.18 Å². The van der Waals surface area contributed by atoms with Gasteiger partial charge in [0.25, 0.3) is 5.91 Å². The molecule has 0 radical (unpaired) electrons. The van der Waals surface area contributed by atoms with Crippen LogP contribution in [0.2, 0.25) is 0 Å². The summed E-state index contributed by atoms with van der Waals surface area (Å²) >= 11 is 6.19. The molecule has 7 heteroatoms. The van der Waals surface area contributed by atoms with Crippen molar-refractivity contribution in [3.63, 3.8) is 0 Å². The van der Waals surface area contributed by atoms with Crippen molar-refractivity contribution in [2.75, 3.05) is 12.4 Å². The quantitative estimate of drug-likeness (QED) is 0.689. The lowest BCUT2D eigenvalue weighted by Gasteiger charge is -2.24. The number of alkyl halides is 4. The Morgan fingerprint density at radius 2 is 2.00 bits per heavy atom. The summed E-state index contributed by atoms with van der Waals surface area (Å²) in [4.78, 5) is 13.4. The van der Waals surface area contributed by atoms with Crippen molar-refractivity contribution >= 4 is 37.8 Å². The van der Waals surface area contributed by atoms with Gasteiger partial charge in [0.15, 0.2) is 0 Å². The molecule has 0 saturated carbocycles. The highest BCUT2D eigenvalue weighted by molar-refractivity contribution is 9.10. The average Bonchev–Trinajstić information content (AvgIpc) is 2.35. The molecule has 1 amide bonds. The molecule has 0 saturated heterocycles. The first kappa shape index (κ1) is 16.5. The smallest absolute Gasteiger partial charge is 0.338 e. The third-order valence-electron chi connectivity index (χ3n) is 2.72. The normalized spacial score (nSPS) is 13.2. The summed E-state index contributed by atoms with van der Waals surface area (Å²) in [6, 6.07) is 3.33. The maximum atomic E-state index is 12.9. The number of halogens is 5. The van der Waals surface area contributed by atoms with E-state index in [1.165, 1.54) is 24.1 Å². The molecule has 2 nitrogen and oxygen atoms in total. The van der Waals surface area contributed by atoms with E-state index < -0.39 is 17.6 Å². The molecule has 0 N–H and O–H groups in total. The molecule has 1 aromatic carbocycles. The second-order valence-electron chi connectivity index (χ2n) is 4.11. The Morgan fingerprint density at radius 1 is 1.42 bits per heavy atom. The highest BCUT2D eigenvalue weighted by Gasteiger charge is 2.36. The van der Waals surface area contributed by atoms with E-state index in [2.05, 4.69) is 31.9 Å². The monoisotopic (exact) mass is 401 g/mol. The molecule has 0 spiro atoms. The topological polar surface area (TPSA) is 20.3 Å². The van der Waals surface area contributed by atoms with Gasteiger partial charge in [0.2, 0.25) is 0 Å². The average molecular weight is 403 g/mol. The minimum atomic E-state index is -4.56. The molecule has 1 aromatic rings. The number of benzene rings is 1. The van der Waals surface area contributed by atoms with Crippen LogP contribution in [0.25, 0.3) is 0 Å². The zero-order valence-corrected chi connectivity index (χ0v) is 13.4. The zero-order valence-electron chi connectivity index (χ0n) is 10.3. The molecule has 106 valence electrons. The Bertz CT molecular complexity index is 477. The molecular formula is C12H12Br2F3NO. The van der Waals surface area contributed by atoms with Crippen molar-refractivity contribution in [2.24, 2.45) is 0 Å². The van der Waals surface area contributed by atoms with Crippen LogP contribution in [0.15, 0.2) is 22.7 Å². The van der Waals surface area contributed by atoms with Gasteiger partial charge in [0, 0.05) is 22.9 Å². The Hall–Kier alpha value is -0.560. The molecule has 0 aliphatic carbocycles. The van der Waals surface area contributed by atoms with Crippen molar-refractivity contribution < 1.29 is 18.0 Å². The molecule has 0 aliphatic rings. The van der Waals surface area contributed by atoms with Gasteiger partial charge in [-0.2, -0.15) is 13.2 Å². The van der Waals surface area contributed by atoms with Gasteiger partial charge in [-0.15, -0.1) is 0 Å². The van der Waals surface area contributed by atoms with E-state index in [1.807, 2.05) is 0 Å². The largest absolute Gasteiger partial charge is 0.417 e. The van der Waals surface area contributed by atoms with Crippen LogP contribution in [0.5, 0.6) is 0 Å². The lowest BCUT2D eigenvalue weighted by atomic mass is 10.1. The number of amides is 1. The van der Waals surface area contributed by atoms with Gasteiger partial charge < -0.3 is 4.90 Å². The lowest BCUT2D eigenvalue weighted by molar-refractivity contribution is -0.138. The summed E-state index contributed by atoms with van der Waals surface area (Å²) in [6.07, 6.45) is -4.56. The van der Waals surface area contributed by atoms with E-state index in [1.54, 1.807) is 6.92 Å². The van der Waals surface area contributed by atoms with Crippen LogP contribution in [0.3, 0.4) is 0 Å². The number of carbonyl (C=O) groups is 1. The number of hydrogen-bond acceptors (Lipinski definition) is 1. The minimum Gasteiger partial charge on any atom is -0.338 e. The summed E-state index contributed by atoms with van der Waals surface area (Å²) in [7, 11) is 1.48. The van der Waals surface area contributed by atoms with E-state index in [0.717, 1.165) is 6.07 Å². The van der Waals surface area contributed by atoms with Gasteiger partial charge in [0.1, 0.15) is 0 Å². The van der Waals surface area contributed by atoms with Crippen LogP contribution in [-0.4, -0.2) is 29.2 Å². The standard InChI is InChI=1S/C12H12Br2F3NO/c1-7(6-13)18(2)11(19)9-4-3-8(14)5-10(9)12(15,16)17/h3-5,7H,6H2,1-2H3. The summed E-state index contributed by atoms with van der Waals surface area (Å²) in [5.74, 6) is -0.647. The number of carbonyl (C=O) groups excluding carboxylic acids is 1. The van der Waals surface area contributed by atoms with E-state index in [9.17, 15) is 18.0 Å². The van der Waals surface area contributed by atoms with Crippen molar-refractivity contribution in [1.29, 1.82) is 0 Å². The highest BCUT2D eigenvalue weighted by Crippen LogP contribution is 2.34. The van der Waals surface area contributed by atoms with Gasteiger partial charge in [-0.1, -0.05) is 31.9 Å². The molecule has 0 aromatic heterocycles. The van der Waals surface area contributed by atoms with E-state index >= 15 is 0 Å². The molecule has 1 unspecified atom stereocenters. The van der Waals surface area contributed by atoms with Crippen molar-refractivity contribution in [3.05, 3.63) is 33.8 Å². The molecule has 1 atom stereocenters. The Kier molecular flexibility index (Phi) is 5.43. The molecule has 1 rings (SSSR count). The van der Waals surface area contributed by atoms with Crippen LogP contribution < -0.4 is 0 Å². The van der Waals surface area contributed by atoms with Crippen LogP contribution in [0, 0.1) is 0 Å². The van der Waals surface area contributed by atoms with Gasteiger partial charge >= 0.3 is 6.18 Å². The summed E-state index contributed by atoms with van der Waals surface area (Å²) in [5, 5.41) is 0.493. The Balaban J connectivity index is 3.24. The SMILES string of the molecule is CC(CBr)N(C)C(=O)c1ccc(Br)cc1C(F)(F)F. The maximum absolute atomic E-state index is 12.9. The molecule has 0 fully saturated rings. The first-order chi connectivity index (χ1) is 8.68. The number of nitrogens with zero attached hydrogens (tertiary/aromatic N) is 1. The lowest BCUT2D eigenvalue weighted by Crippen LogP contribution is -2.37. The van der Waals surface area contributed by atoms with Gasteiger partial charge in [-0.05, 0) is 25.1 Å². The molecule has 19 heavy (non-hydrogen) atoms. The predicted octanol–water partition coefficient (Wildman–Crippen LogP) is 4.32. The second-order valence-corrected chi connectivity index (χ2v) is 5.67. The Morgan fingerprint density at radius 3 is 2.47 bits per heavy atom. The zero-order chi connectivity index (χ0) is 14.8. The van der Waals surface area contributed by atoms with E-state index in [-0.39, 0.29) is 16.1 Å². The predicted molar refractivity (Wildman–Crippen MR) is 74.5 cm³/mol. The maximum Gasteiger partial charge on any atom is 0.417 e. The van der Waals surface area contributed by atoms with Gasteiger partial charge in [-0.3, -0.25) is 4.79 Å². The fraction of sp³-hybridized carbons (Fsp3) is 0.417. The first-order valence-electron chi connectivity index (χ1n) is 5.38. The molecule has 0 aliphatic heterocycles. The minimum absolute atomic E-state index is 0.197. The van der Waals surface area contributed by atoms with Crippen LogP contribution >= 0.6 is 31.9 Å².